The zero-order chi connectivity index (χ0) is 13.1. The Kier molecular flexibility index (Phi) is 3.51. The molecule has 0 radical (unpaired) electrons. The number of hydrogen-bond acceptors (Lipinski definition) is 2. The van der Waals surface area contributed by atoms with Gasteiger partial charge in [-0.25, -0.2) is 0 Å². The van der Waals surface area contributed by atoms with Crippen molar-refractivity contribution in [3.8, 4) is 5.75 Å². The first-order chi connectivity index (χ1) is 8.61. The highest BCUT2D eigenvalue weighted by Crippen LogP contribution is 2.27. The molecule has 1 amide bonds. The molecule has 0 saturated heterocycles. The monoisotopic (exact) mass is 243 g/mol. The SMILES string of the molecule is CCCNC(=O)c1cc(O)c2cc(C)ccc2c1. The van der Waals surface area contributed by atoms with E-state index in [1.807, 2.05) is 32.0 Å². The van der Waals surface area contributed by atoms with E-state index in [2.05, 4.69) is 5.32 Å². The van der Waals surface area contributed by atoms with Crippen molar-refractivity contribution in [2.75, 3.05) is 6.54 Å². The minimum absolute atomic E-state index is 0.144. The maximum absolute atomic E-state index is 11.8. The molecule has 2 rings (SSSR count). The van der Waals surface area contributed by atoms with Gasteiger partial charge in [-0.3, -0.25) is 4.79 Å². The quantitative estimate of drug-likeness (QED) is 0.870. The van der Waals surface area contributed by atoms with Crippen LogP contribution >= 0.6 is 0 Å². The van der Waals surface area contributed by atoms with E-state index in [0.29, 0.717) is 12.1 Å². The molecule has 0 aromatic heterocycles. The molecule has 0 aliphatic heterocycles. The van der Waals surface area contributed by atoms with Gasteiger partial charge in [-0.1, -0.05) is 24.6 Å². The molecule has 0 aliphatic rings. The third kappa shape index (κ3) is 2.45. The van der Waals surface area contributed by atoms with Crippen LogP contribution in [0.15, 0.2) is 30.3 Å². The molecule has 0 heterocycles. The lowest BCUT2D eigenvalue weighted by molar-refractivity contribution is 0.0953. The number of phenols is 1. The highest BCUT2D eigenvalue weighted by atomic mass is 16.3. The summed E-state index contributed by atoms with van der Waals surface area (Å²) in [5.41, 5.74) is 1.58. The fraction of sp³-hybridized carbons (Fsp3) is 0.267. The number of aryl methyl sites for hydroxylation is 1. The summed E-state index contributed by atoms with van der Waals surface area (Å²) >= 11 is 0. The van der Waals surface area contributed by atoms with Crippen molar-refractivity contribution in [2.45, 2.75) is 20.3 Å². The maximum atomic E-state index is 11.8. The zero-order valence-corrected chi connectivity index (χ0v) is 10.7. The Labute approximate surface area is 106 Å². The van der Waals surface area contributed by atoms with E-state index < -0.39 is 0 Å². The lowest BCUT2D eigenvalue weighted by Gasteiger charge is -2.07. The van der Waals surface area contributed by atoms with Crippen LogP contribution in [0.25, 0.3) is 10.8 Å². The van der Waals surface area contributed by atoms with Gasteiger partial charge in [0, 0.05) is 17.5 Å². The molecule has 0 fully saturated rings. The number of benzene rings is 2. The molecule has 94 valence electrons. The van der Waals surface area contributed by atoms with Gasteiger partial charge >= 0.3 is 0 Å². The van der Waals surface area contributed by atoms with Crippen molar-refractivity contribution in [3.05, 3.63) is 41.5 Å². The molecule has 0 saturated carbocycles. The van der Waals surface area contributed by atoms with Crippen molar-refractivity contribution in [1.82, 2.24) is 5.32 Å². The first kappa shape index (κ1) is 12.4. The highest BCUT2D eigenvalue weighted by Gasteiger charge is 2.09. The number of fused-ring (bicyclic) bond motifs is 1. The lowest BCUT2D eigenvalue weighted by atomic mass is 10.0. The van der Waals surface area contributed by atoms with Crippen molar-refractivity contribution in [1.29, 1.82) is 0 Å². The zero-order valence-electron chi connectivity index (χ0n) is 10.7. The standard InChI is InChI=1S/C15H17NO2/c1-3-6-16-15(18)12-8-11-5-4-10(2)7-13(11)14(17)9-12/h4-5,7-9,17H,3,6H2,1-2H3,(H,16,18). The lowest BCUT2D eigenvalue weighted by Crippen LogP contribution is -2.23. The van der Waals surface area contributed by atoms with E-state index in [0.717, 1.165) is 22.8 Å². The number of amides is 1. The summed E-state index contributed by atoms with van der Waals surface area (Å²) in [6.45, 7) is 4.62. The predicted octanol–water partition coefficient (Wildman–Crippen LogP) is 2.99. The normalized spacial score (nSPS) is 10.6. The van der Waals surface area contributed by atoms with Crippen LogP contribution in [0.3, 0.4) is 0 Å². The van der Waals surface area contributed by atoms with Gasteiger partial charge in [0.1, 0.15) is 5.75 Å². The van der Waals surface area contributed by atoms with Gasteiger partial charge in [0.05, 0.1) is 0 Å². The molecule has 0 aliphatic carbocycles. The Hall–Kier alpha value is -2.03. The Bertz CT molecular complexity index is 590. The van der Waals surface area contributed by atoms with Crippen LogP contribution in [0.4, 0.5) is 0 Å². The molecule has 2 aromatic carbocycles. The molecule has 2 N–H and O–H groups in total. The Morgan fingerprint density at radius 3 is 2.78 bits per heavy atom. The maximum Gasteiger partial charge on any atom is 0.251 e. The molecule has 3 nitrogen and oxygen atoms in total. The van der Waals surface area contributed by atoms with Crippen LogP contribution in [0.2, 0.25) is 0 Å². The highest BCUT2D eigenvalue weighted by molar-refractivity contribution is 6.00. The van der Waals surface area contributed by atoms with Crippen molar-refractivity contribution >= 4 is 16.7 Å². The third-order valence-electron chi connectivity index (χ3n) is 2.89. The predicted molar refractivity (Wildman–Crippen MR) is 73.0 cm³/mol. The van der Waals surface area contributed by atoms with Crippen LogP contribution in [0, 0.1) is 6.92 Å². The third-order valence-corrected chi connectivity index (χ3v) is 2.89. The number of nitrogens with one attached hydrogen (secondary N) is 1. The molecule has 18 heavy (non-hydrogen) atoms. The van der Waals surface area contributed by atoms with Crippen LogP contribution in [-0.2, 0) is 0 Å². The van der Waals surface area contributed by atoms with E-state index in [1.54, 1.807) is 6.07 Å². The van der Waals surface area contributed by atoms with Crippen LogP contribution in [0.1, 0.15) is 29.3 Å². The molecular formula is C15H17NO2. The number of carbonyl (C=O) groups excluding carboxylic acids is 1. The fourth-order valence-corrected chi connectivity index (χ4v) is 1.92. The minimum atomic E-state index is -0.144. The van der Waals surface area contributed by atoms with E-state index in [9.17, 15) is 9.90 Å². The Morgan fingerprint density at radius 1 is 1.28 bits per heavy atom. The summed E-state index contributed by atoms with van der Waals surface area (Å²) in [5.74, 6) is 0.00692. The number of hydrogen-bond donors (Lipinski definition) is 2. The average Bonchev–Trinajstić information content (AvgIpc) is 2.36. The molecule has 2 aromatic rings. The van der Waals surface area contributed by atoms with Gasteiger partial charge in [0.2, 0.25) is 0 Å². The summed E-state index contributed by atoms with van der Waals surface area (Å²) in [5, 5.41) is 14.4. The summed E-state index contributed by atoms with van der Waals surface area (Å²) in [6.07, 6.45) is 0.893. The molecule has 0 spiro atoms. The van der Waals surface area contributed by atoms with Gasteiger partial charge in [-0.05, 0) is 36.9 Å². The first-order valence-electron chi connectivity index (χ1n) is 6.13. The minimum Gasteiger partial charge on any atom is -0.507 e. The molecular weight excluding hydrogens is 226 g/mol. The van der Waals surface area contributed by atoms with E-state index >= 15 is 0 Å². The molecule has 3 heteroatoms. The van der Waals surface area contributed by atoms with Gasteiger partial charge in [-0.2, -0.15) is 0 Å². The second kappa shape index (κ2) is 5.08. The van der Waals surface area contributed by atoms with Crippen LogP contribution in [-0.4, -0.2) is 17.6 Å². The largest absolute Gasteiger partial charge is 0.507 e. The molecule has 0 bridgehead atoms. The number of phenolic OH excluding ortho intramolecular Hbond substituents is 1. The van der Waals surface area contributed by atoms with Crippen molar-refractivity contribution < 1.29 is 9.90 Å². The van der Waals surface area contributed by atoms with Gasteiger partial charge < -0.3 is 10.4 Å². The topological polar surface area (TPSA) is 49.3 Å². The Balaban J connectivity index is 2.43. The van der Waals surface area contributed by atoms with Crippen LogP contribution in [0.5, 0.6) is 5.75 Å². The van der Waals surface area contributed by atoms with Crippen LogP contribution < -0.4 is 5.32 Å². The van der Waals surface area contributed by atoms with E-state index in [-0.39, 0.29) is 11.7 Å². The number of rotatable bonds is 3. The molecule has 0 unspecified atom stereocenters. The summed E-state index contributed by atoms with van der Waals surface area (Å²) in [6, 6.07) is 9.13. The van der Waals surface area contributed by atoms with Gasteiger partial charge in [0.15, 0.2) is 0 Å². The summed E-state index contributed by atoms with van der Waals surface area (Å²) in [4.78, 5) is 11.8. The summed E-state index contributed by atoms with van der Waals surface area (Å²) in [7, 11) is 0. The van der Waals surface area contributed by atoms with Crippen molar-refractivity contribution in [2.24, 2.45) is 0 Å². The smallest absolute Gasteiger partial charge is 0.251 e. The van der Waals surface area contributed by atoms with E-state index in [1.165, 1.54) is 6.07 Å². The second-order valence-electron chi connectivity index (χ2n) is 4.48. The second-order valence-corrected chi connectivity index (χ2v) is 4.48. The fourth-order valence-electron chi connectivity index (χ4n) is 1.92. The van der Waals surface area contributed by atoms with Crippen molar-refractivity contribution in [3.63, 3.8) is 0 Å². The van der Waals surface area contributed by atoms with Gasteiger partial charge in [0.25, 0.3) is 5.91 Å². The average molecular weight is 243 g/mol. The summed E-state index contributed by atoms with van der Waals surface area (Å²) < 4.78 is 0. The van der Waals surface area contributed by atoms with Gasteiger partial charge in [-0.15, -0.1) is 0 Å². The first-order valence-corrected chi connectivity index (χ1v) is 6.13. The number of carbonyl (C=O) groups is 1. The number of aromatic hydroxyl groups is 1. The van der Waals surface area contributed by atoms with E-state index in [4.69, 9.17) is 0 Å². The Morgan fingerprint density at radius 2 is 2.06 bits per heavy atom. The molecule has 0 atom stereocenters.